The third kappa shape index (κ3) is 1.37. The molecule has 3 atom stereocenters. The highest BCUT2D eigenvalue weighted by Crippen LogP contribution is 2.45. The number of carbonyl (C=O) groups excluding carboxylic acids is 1. The van der Waals surface area contributed by atoms with E-state index in [1.807, 2.05) is 0 Å². The maximum atomic E-state index is 12.1. The van der Waals surface area contributed by atoms with Crippen LogP contribution in [0.5, 0.6) is 5.75 Å². The fourth-order valence-corrected chi connectivity index (χ4v) is 3.30. The Balaban J connectivity index is 1.85. The molecule has 1 saturated heterocycles. The van der Waals surface area contributed by atoms with Gasteiger partial charge in [0.1, 0.15) is 24.0 Å². The van der Waals surface area contributed by atoms with Gasteiger partial charge in [-0.15, -0.1) is 0 Å². The van der Waals surface area contributed by atoms with Gasteiger partial charge >= 0.3 is 6.09 Å². The van der Waals surface area contributed by atoms with Gasteiger partial charge in [-0.25, -0.2) is 4.79 Å². The first-order valence-corrected chi connectivity index (χ1v) is 6.48. The van der Waals surface area contributed by atoms with Crippen LogP contribution in [0.4, 0.5) is 10.5 Å². The van der Waals surface area contributed by atoms with Crippen LogP contribution in [0.25, 0.3) is 0 Å². The fraction of sp³-hybridized carbons (Fsp3) is 0.429. The van der Waals surface area contributed by atoms with Crippen LogP contribution in [-0.4, -0.2) is 24.3 Å². The molecular formula is C14H12N2O3. The summed E-state index contributed by atoms with van der Waals surface area (Å²) in [7, 11) is 0. The number of nitriles is 1. The first kappa shape index (κ1) is 10.7. The molecule has 2 heterocycles. The third-order valence-corrected chi connectivity index (χ3v) is 4.11. The molecule has 1 aliphatic carbocycles. The Kier molecular flexibility index (Phi) is 2.05. The molecule has 19 heavy (non-hydrogen) atoms. The largest absolute Gasteiger partial charge is 0.486 e. The van der Waals surface area contributed by atoms with Gasteiger partial charge in [-0.1, -0.05) is 0 Å². The van der Waals surface area contributed by atoms with Gasteiger partial charge in [0.15, 0.2) is 0 Å². The number of nitrogens with zero attached hydrogens (tertiary/aromatic N) is 2. The normalized spacial score (nSPS) is 30.8. The molecule has 0 radical (unpaired) electrons. The number of hydrogen-bond donors (Lipinski definition) is 0. The molecule has 1 aromatic rings. The summed E-state index contributed by atoms with van der Waals surface area (Å²) in [5.74, 6) is 0.611. The van der Waals surface area contributed by atoms with Crippen molar-refractivity contribution in [3.63, 3.8) is 0 Å². The van der Waals surface area contributed by atoms with Crippen LogP contribution < -0.4 is 9.64 Å². The zero-order valence-corrected chi connectivity index (χ0v) is 10.2. The van der Waals surface area contributed by atoms with Gasteiger partial charge in [0.05, 0.1) is 17.3 Å². The summed E-state index contributed by atoms with van der Waals surface area (Å²) in [4.78, 5) is 13.8. The molecule has 2 fully saturated rings. The lowest BCUT2D eigenvalue weighted by Gasteiger charge is -2.40. The summed E-state index contributed by atoms with van der Waals surface area (Å²) in [6.45, 7) is 0. The molecule has 1 amide bonds. The molecule has 0 spiro atoms. The molecule has 0 aromatic heterocycles. The van der Waals surface area contributed by atoms with Gasteiger partial charge in [-0.05, 0) is 31.4 Å². The number of anilines is 1. The van der Waals surface area contributed by atoms with Crippen LogP contribution in [-0.2, 0) is 4.74 Å². The summed E-state index contributed by atoms with van der Waals surface area (Å²) in [5, 5.41) is 8.94. The number of hydrogen-bond acceptors (Lipinski definition) is 4. The van der Waals surface area contributed by atoms with E-state index in [9.17, 15) is 4.79 Å². The predicted octanol–water partition coefficient (Wildman–Crippen LogP) is 2.20. The van der Waals surface area contributed by atoms with Gasteiger partial charge in [0, 0.05) is 6.07 Å². The van der Waals surface area contributed by atoms with Crippen molar-refractivity contribution in [2.24, 2.45) is 0 Å². The van der Waals surface area contributed by atoms with E-state index in [1.165, 1.54) is 0 Å². The van der Waals surface area contributed by atoms with Gasteiger partial charge < -0.3 is 9.47 Å². The Hall–Kier alpha value is -2.22. The SMILES string of the molecule is N#Cc1ccc2c(c1)O[C@@H]1CCC[C@@H]3OC(=O)N2[C@@H]31. The van der Waals surface area contributed by atoms with E-state index in [2.05, 4.69) is 6.07 Å². The zero-order valence-electron chi connectivity index (χ0n) is 10.2. The zero-order chi connectivity index (χ0) is 13.0. The first-order valence-electron chi connectivity index (χ1n) is 6.48. The number of carbonyl (C=O) groups is 1. The minimum atomic E-state index is -0.295. The minimum Gasteiger partial charge on any atom is -0.486 e. The van der Waals surface area contributed by atoms with Crippen LogP contribution in [0.3, 0.4) is 0 Å². The second-order valence-electron chi connectivity index (χ2n) is 5.16. The quantitative estimate of drug-likeness (QED) is 0.713. The molecular weight excluding hydrogens is 244 g/mol. The van der Waals surface area contributed by atoms with E-state index in [1.54, 1.807) is 23.1 Å². The van der Waals surface area contributed by atoms with Crippen molar-refractivity contribution in [3.8, 4) is 11.8 Å². The summed E-state index contributed by atoms with van der Waals surface area (Å²) >= 11 is 0. The molecule has 5 nitrogen and oxygen atoms in total. The van der Waals surface area contributed by atoms with Crippen molar-refractivity contribution in [1.82, 2.24) is 0 Å². The molecule has 0 unspecified atom stereocenters. The van der Waals surface area contributed by atoms with Gasteiger partial charge in [0.2, 0.25) is 0 Å². The maximum Gasteiger partial charge on any atom is 0.415 e. The molecule has 96 valence electrons. The summed E-state index contributed by atoms with van der Waals surface area (Å²) < 4.78 is 11.4. The molecule has 3 aliphatic rings. The van der Waals surface area contributed by atoms with Crippen molar-refractivity contribution < 1.29 is 14.3 Å². The van der Waals surface area contributed by atoms with Crippen molar-refractivity contribution in [2.45, 2.75) is 37.5 Å². The average molecular weight is 256 g/mol. The Bertz CT molecular complexity index is 607. The van der Waals surface area contributed by atoms with Crippen LogP contribution in [0, 0.1) is 11.3 Å². The molecule has 4 rings (SSSR count). The summed E-state index contributed by atoms with van der Waals surface area (Å²) in [6, 6.07) is 7.24. The van der Waals surface area contributed by atoms with E-state index in [-0.39, 0.29) is 24.3 Å². The highest BCUT2D eigenvalue weighted by atomic mass is 16.6. The van der Waals surface area contributed by atoms with Crippen molar-refractivity contribution in [1.29, 1.82) is 5.26 Å². The Labute approximate surface area is 110 Å². The molecule has 2 aliphatic heterocycles. The Morgan fingerprint density at radius 2 is 2.05 bits per heavy atom. The lowest BCUT2D eigenvalue weighted by molar-refractivity contribution is 0.0524. The van der Waals surface area contributed by atoms with Crippen LogP contribution in [0.15, 0.2) is 18.2 Å². The van der Waals surface area contributed by atoms with Crippen LogP contribution >= 0.6 is 0 Å². The standard InChI is InChI=1S/C14H12N2O3/c15-7-8-4-5-9-12(6-8)18-10-2-1-3-11-13(10)16(9)14(17)19-11/h4-6,10-11,13H,1-3H2/t10-,11+,13-/m1/s1. The predicted molar refractivity (Wildman–Crippen MR) is 66.0 cm³/mol. The number of benzene rings is 1. The number of fused-ring (bicyclic) bond motifs is 2. The average Bonchev–Trinajstić information content (AvgIpc) is 2.77. The lowest BCUT2D eigenvalue weighted by atomic mass is 9.88. The van der Waals surface area contributed by atoms with Crippen molar-refractivity contribution >= 4 is 11.8 Å². The van der Waals surface area contributed by atoms with Crippen LogP contribution in [0.1, 0.15) is 24.8 Å². The lowest BCUT2D eigenvalue weighted by Crippen LogP contribution is -2.53. The van der Waals surface area contributed by atoms with Crippen LogP contribution in [0.2, 0.25) is 0 Å². The number of rotatable bonds is 0. The van der Waals surface area contributed by atoms with E-state index in [0.29, 0.717) is 11.3 Å². The highest BCUT2D eigenvalue weighted by molar-refractivity contribution is 5.93. The van der Waals surface area contributed by atoms with Gasteiger partial charge in [-0.3, -0.25) is 4.90 Å². The van der Waals surface area contributed by atoms with Gasteiger partial charge in [0.25, 0.3) is 0 Å². The number of ether oxygens (including phenoxy) is 2. The first-order chi connectivity index (χ1) is 9.28. The number of amides is 1. The van der Waals surface area contributed by atoms with Crippen molar-refractivity contribution in [2.75, 3.05) is 4.90 Å². The fourth-order valence-electron chi connectivity index (χ4n) is 3.30. The second-order valence-corrected chi connectivity index (χ2v) is 5.16. The Morgan fingerprint density at radius 1 is 1.26 bits per heavy atom. The molecule has 0 bridgehead atoms. The molecule has 0 N–H and O–H groups in total. The summed E-state index contributed by atoms with van der Waals surface area (Å²) in [5.41, 5.74) is 1.26. The maximum absolute atomic E-state index is 12.1. The van der Waals surface area contributed by atoms with E-state index < -0.39 is 0 Å². The minimum absolute atomic E-state index is 0.0123. The Morgan fingerprint density at radius 3 is 2.84 bits per heavy atom. The van der Waals surface area contributed by atoms with E-state index in [4.69, 9.17) is 14.7 Å². The van der Waals surface area contributed by atoms with Crippen molar-refractivity contribution in [3.05, 3.63) is 23.8 Å². The van der Waals surface area contributed by atoms with Gasteiger partial charge in [-0.2, -0.15) is 5.26 Å². The third-order valence-electron chi connectivity index (χ3n) is 4.11. The summed E-state index contributed by atoms with van der Waals surface area (Å²) in [6.07, 6.45) is 2.45. The molecule has 1 aromatic carbocycles. The molecule has 1 saturated carbocycles. The topological polar surface area (TPSA) is 62.6 Å². The second kappa shape index (κ2) is 3.64. The monoisotopic (exact) mass is 256 g/mol. The van der Waals surface area contributed by atoms with E-state index in [0.717, 1.165) is 24.9 Å². The molecule has 5 heteroatoms. The van der Waals surface area contributed by atoms with E-state index >= 15 is 0 Å². The highest BCUT2D eigenvalue weighted by Gasteiger charge is 2.52. The smallest absolute Gasteiger partial charge is 0.415 e.